The number of pyridine rings is 1. The predicted molar refractivity (Wildman–Crippen MR) is 79.9 cm³/mol. The SMILES string of the molecule is COCCNCc1cn(CCC(=O)OC)c2ncccc12. The molecule has 2 heterocycles. The van der Waals surface area contributed by atoms with Crippen molar-refractivity contribution in [2.24, 2.45) is 0 Å². The Balaban J connectivity index is 2.12. The van der Waals surface area contributed by atoms with Crippen molar-refractivity contribution in [3.05, 3.63) is 30.1 Å². The number of hydrogen-bond donors (Lipinski definition) is 1. The van der Waals surface area contributed by atoms with E-state index in [4.69, 9.17) is 4.74 Å². The topological polar surface area (TPSA) is 65.4 Å². The molecule has 2 rings (SSSR count). The van der Waals surface area contributed by atoms with Gasteiger partial charge in [0.25, 0.3) is 0 Å². The zero-order chi connectivity index (χ0) is 15.1. The minimum atomic E-state index is -0.215. The second-order valence-electron chi connectivity index (χ2n) is 4.72. The largest absolute Gasteiger partial charge is 0.469 e. The molecule has 0 aliphatic rings. The number of hydrogen-bond acceptors (Lipinski definition) is 5. The first-order valence-corrected chi connectivity index (χ1v) is 6.95. The molecule has 6 heteroatoms. The number of aryl methyl sites for hydroxylation is 1. The number of nitrogens with one attached hydrogen (secondary N) is 1. The van der Waals surface area contributed by atoms with E-state index in [1.54, 1.807) is 13.3 Å². The number of nitrogens with zero attached hydrogens (tertiary/aromatic N) is 2. The van der Waals surface area contributed by atoms with E-state index in [0.29, 0.717) is 19.6 Å². The van der Waals surface area contributed by atoms with Gasteiger partial charge in [-0.05, 0) is 17.7 Å². The van der Waals surface area contributed by atoms with E-state index in [1.165, 1.54) is 12.7 Å². The molecule has 0 aliphatic heterocycles. The van der Waals surface area contributed by atoms with E-state index in [0.717, 1.165) is 24.1 Å². The first-order valence-electron chi connectivity index (χ1n) is 6.95. The molecule has 0 unspecified atom stereocenters. The van der Waals surface area contributed by atoms with Gasteiger partial charge >= 0.3 is 5.97 Å². The minimum Gasteiger partial charge on any atom is -0.469 e. The van der Waals surface area contributed by atoms with Crippen LogP contribution in [0.25, 0.3) is 11.0 Å². The molecule has 114 valence electrons. The first kappa shape index (κ1) is 15.5. The lowest BCUT2D eigenvalue weighted by molar-refractivity contribution is -0.140. The summed E-state index contributed by atoms with van der Waals surface area (Å²) in [6.07, 6.45) is 4.15. The number of ether oxygens (including phenoxy) is 2. The van der Waals surface area contributed by atoms with Crippen LogP contribution in [0.4, 0.5) is 0 Å². The van der Waals surface area contributed by atoms with Gasteiger partial charge in [0.2, 0.25) is 0 Å². The zero-order valence-electron chi connectivity index (χ0n) is 12.5. The normalized spacial score (nSPS) is 11.0. The van der Waals surface area contributed by atoms with E-state index in [-0.39, 0.29) is 5.97 Å². The van der Waals surface area contributed by atoms with Gasteiger partial charge < -0.3 is 19.4 Å². The lowest BCUT2D eigenvalue weighted by Crippen LogP contribution is -2.18. The Morgan fingerprint density at radius 2 is 2.29 bits per heavy atom. The van der Waals surface area contributed by atoms with Crippen molar-refractivity contribution in [3.8, 4) is 0 Å². The van der Waals surface area contributed by atoms with Gasteiger partial charge in [-0.25, -0.2) is 4.98 Å². The number of aromatic nitrogens is 2. The Kier molecular flexibility index (Phi) is 5.71. The number of carbonyl (C=O) groups is 1. The summed E-state index contributed by atoms with van der Waals surface area (Å²) in [6, 6.07) is 3.97. The highest BCUT2D eigenvalue weighted by Crippen LogP contribution is 2.19. The highest BCUT2D eigenvalue weighted by Gasteiger charge is 2.10. The second-order valence-corrected chi connectivity index (χ2v) is 4.72. The first-order chi connectivity index (χ1) is 10.3. The molecule has 0 spiro atoms. The van der Waals surface area contributed by atoms with Crippen molar-refractivity contribution < 1.29 is 14.3 Å². The van der Waals surface area contributed by atoms with Crippen molar-refractivity contribution >= 4 is 17.0 Å². The third-order valence-electron chi connectivity index (χ3n) is 3.30. The smallest absolute Gasteiger partial charge is 0.307 e. The van der Waals surface area contributed by atoms with E-state index in [9.17, 15) is 4.79 Å². The number of rotatable bonds is 8. The van der Waals surface area contributed by atoms with Gasteiger partial charge in [-0.2, -0.15) is 0 Å². The Hall–Kier alpha value is -1.92. The van der Waals surface area contributed by atoms with Gasteiger partial charge in [-0.3, -0.25) is 4.79 Å². The molecular weight excluding hydrogens is 270 g/mol. The average molecular weight is 291 g/mol. The van der Waals surface area contributed by atoms with E-state index in [2.05, 4.69) is 15.0 Å². The molecule has 21 heavy (non-hydrogen) atoms. The molecular formula is C15H21N3O3. The van der Waals surface area contributed by atoms with Crippen LogP contribution in [0.5, 0.6) is 0 Å². The van der Waals surface area contributed by atoms with Gasteiger partial charge in [0.1, 0.15) is 5.65 Å². The summed E-state index contributed by atoms with van der Waals surface area (Å²) in [4.78, 5) is 15.7. The minimum absolute atomic E-state index is 0.215. The van der Waals surface area contributed by atoms with Crippen molar-refractivity contribution in [1.29, 1.82) is 0 Å². The quantitative estimate of drug-likeness (QED) is 0.587. The Morgan fingerprint density at radius 3 is 3.05 bits per heavy atom. The van der Waals surface area contributed by atoms with Crippen LogP contribution in [0.1, 0.15) is 12.0 Å². The van der Waals surface area contributed by atoms with E-state index < -0.39 is 0 Å². The number of methoxy groups -OCH3 is 2. The van der Waals surface area contributed by atoms with Gasteiger partial charge in [-0.15, -0.1) is 0 Å². The van der Waals surface area contributed by atoms with Crippen LogP contribution in [-0.2, 0) is 27.4 Å². The number of fused-ring (bicyclic) bond motifs is 1. The van der Waals surface area contributed by atoms with Crippen molar-refractivity contribution in [2.45, 2.75) is 19.5 Å². The monoisotopic (exact) mass is 291 g/mol. The van der Waals surface area contributed by atoms with Crippen molar-refractivity contribution in [1.82, 2.24) is 14.9 Å². The molecule has 0 amide bonds. The van der Waals surface area contributed by atoms with Crippen LogP contribution in [0.15, 0.2) is 24.5 Å². The Bertz CT molecular complexity index is 595. The van der Waals surface area contributed by atoms with Crippen LogP contribution in [0.3, 0.4) is 0 Å². The van der Waals surface area contributed by atoms with Crippen LogP contribution in [-0.4, -0.2) is 42.9 Å². The molecule has 0 bridgehead atoms. The van der Waals surface area contributed by atoms with E-state index in [1.807, 2.05) is 22.9 Å². The van der Waals surface area contributed by atoms with Crippen molar-refractivity contribution in [2.75, 3.05) is 27.4 Å². The van der Waals surface area contributed by atoms with E-state index >= 15 is 0 Å². The molecule has 2 aromatic rings. The maximum Gasteiger partial charge on any atom is 0.307 e. The van der Waals surface area contributed by atoms with Gasteiger partial charge in [0.05, 0.1) is 20.1 Å². The summed E-state index contributed by atoms with van der Waals surface area (Å²) in [5, 5.41) is 4.43. The molecule has 0 saturated heterocycles. The Morgan fingerprint density at radius 1 is 1.43 bits per heavy atom. The molecule has 2 aromatic heterocycles. The predicted octanol–water partition coefficient (Wildman–Crippen LogP) is 1.34. The summed E-state index contributed by atoms with van der Waals surface area (Å²) in [5.74, 6) is -0.215. The summed E-state index contributed by atoms with van der Waals surface area (Å²) in [5.41, 5.74) is 2.06. The van der Waals surface area contributed by atoms with Crippen LogP contribution < -0.4 is 5.32 Å². The van der Waals surface area contributed by atoms with Crippen LogP contribution in [0.2, 0.25) is 0 Å². The molecule has 0 aliphatic carbocycles. The maximum atomic E-state index is 11.3. The van der Waals surface area contributed by atoms with Crippen LogP contribution in [0, 0.1) is 0 Å². The molecule has 0 atom stereocenters. The molecule has 6 nitrogen and oxygen atoms in total. The fourth-order valence-electron chi connectivity index (χ4n) is 2.22. The van der Waals surface area contributed by atoms with Gasteiger partial charge in [0.15, 0.2) is 0 Å². The summed E-state index contributed by atoms with van der Waals surface area (Å²) >= 11 is 0. The molecule has 0 aromatic carbocycles. The molecule has 1 N–H and O–H groups in total. The van der Waals surface area contributed by atoms with Gasteiger partial charge in [-0.1, -0.05) is 0 Å². The summed E-state index contributed by atoms with van der Waals surface area (Å²) in [7, 11) is 3.09. The maximum absolute atomic E-state index is 11.3. The highest BCUT2D eigenvalue weighted by atomic mass is 16.5. The standard InChI is InChI=1S/C15H21N3O3/c1-20-9-7-16-10-12-11-18(8-5-14(19)21-2)15-13(12)4-3-6-17-15/h3-4,6,11,16H,5,7-10H2,1-2H3. The highest BCUT2D eigenvalue weighted by molar-refractivity contribution is 5.80. The summed E-state index contributed by atoms with van der Waals surface area (Å²) < 4.78 is 11.7. The number of carbonyl (C=O) groups excluding carboxylic acids is 1. The number of esters is 1. The molecule has 0 saturated carbocycles. The lowest BCUT2D eigenvalue weighted by atomic mass is 10.2. The third-order valence-corrected chi connectivity index (χ3v) is 3.30. The third kappa shape index (κ3) is 4.03. The van der Waals surface area contributed by atoms with Gasteiger partial charge in [0, 0.05) is 44.5 Å². The average Bonchev–Trinajstić information content (AvgIpc) is 2.87. The lowest BCUT2D eigenvalue weighted by Gasteiger charge is -2.03. The second kappa shape index (κ2) is 7.75. The summed E-state index contributed by atoms with van der Waals surface area (Å²) in [6.45, 7) is 2.79. The molecule has 0 fully saturated rings. The van der Waals surface area contributed by atoms with Crippen molar-refractivity contribution in [3.63, 3.8) is 0 Å². The molecule has 0 radical (unpaired) electrons. The Labute approximate surface area is 124 Å². The fraction of sp³-hybridized carbons (Fsp3) is 0.467. The fourth-order valence-corrected chi connectivity index (χ4v) is 2.22. The zero-order valence-corrected chi connectivity index (χ0v) is 12.5. The van der Waals surface area contributed by atoms with Crippen LogP contribution >= 0.6 is 0 Å².